The van der Waals surface area contributed by atoms with Crippen LogP contribution in [-0.4, -0.2) is 92.0 Å². The van der Waals surface area contributed by atoms with Gasteiger partial charge in [-0.15, -0.1) is 0 Å². The molecule has 1 spiro atoms. The lowest BCUT2D eigenvalue weighted by Gasteiger charge is -2.46. The molecule has 0 aliphatic carbocycles. The number of piperidine rings is 1. The number of aliphatic carboxylic acids is 2. The van der Waals surface area contributed by atoms with Gasteiger partial charge in [-0.25, -0.2) is 14.6 Å². The van der Waals surface area contributed by atoms with E-state index in [4.69, 9.17) is 29.0 Å². The molecule has 1 saturated heterocycles. The van der Waals surface area contributed by atoms with E-state index in [1.807, 2.05) is 43.3 Å². The second kappa shape index (κ2) is 13.8. The van der Waals surface area contributed by atoms with Crippen LogP contribution in [0.25, 0.3) is 0 Å². The van der Waals surface area contributed by atoms with Crippen molar-refractivity contribution in [1.29, 1.82) is 0 Å². The minimum absolute atomic E-state index is 0.0803. The number of hydrogen-bond donors (Lipinski definition) is 2. The summed E-state index contributed by atoms with van der Waals surface area (Å²) in [6.45, 7) is 8.55. The highest BCUT2D eigenvalue weighted by atomic mass is 19.4. The van der Waals surface area contributed by atoms with E-state index < -0.39 is 36.0 Å². The average Bonchev–Trinajstić information content (AvgIpc) is 3.58. The molecule has 0 radical (unpaired) electrons. The molecule has 2 aromatic rings. The molecule has 11 nitrogen and oxygen atoms in total. The Balaban J connectivity index is 0.000000349. The highest BCUT2D eigenvalue weighted by Crippen LogP contribution is 2.40. The van der Waals surface area contributed by atoms with E-state index in [0.29, 0.717) is 19.6 Å². The van der Waals surface area contributed by atoms with E-state index in [2.05, 4.69) is 14.5 Å². The van der Waals surface area contributed by atoms with Crippen molar-refractivity contribution in [3.63, 3.8) is 0 Å². The molecule has 0 aromatic carbocycles. The highest BCUT2D eigenvalue weighted by Gasteiger charge is 2.47. The predicted octanol–water partition coefficient (Wildman–Crippen LogP) is 3.50. The van der Waals surface area contributed by atoms with Crippen LogP contribution in [0.4, 0.5) is 26.3 Å². The van der Waals surface area contributed by atoms with E-state index in [1.54, 1.807) is 6.26 Å². The zero-order chi connectivity index (χ0) is 31.0. The standard InChI is InChI=1S/C20H28N4O3.2C2HF3O2/c1-3-23(4-2)18(25)17-15-24-12-9-21-19(24)20(27-17)7-10-22(11-8-20)14-16-6-5-13-26-16;2*3-2(4,5)1(6)7/h5-6,9,12-13,17H,3-4,7-8,10-11,14-15H2,1-2H3;2*(H,6,7). The fourth-order valence-corrected chi connectivity index (χ4v) is 4.30. The second-order valence-corrected chi connectivity index (χ2v) is 8.98. The van der Waals surface area contributed by atoms with Gasteiger partial charge in [0.25, 0.3) is 5.91 Å². The van der Waals surface area contributed by atoms with Gasteiger partial charge >= 0.3 is 24.3 Å². The number of likely N-dealkylation sites (N-methyl/N-ethyl adjacent to an activating group) is 1. The molecule has 2 aromatic heterocycles. The van der Waals surface area contributed by atoms with Gasteiger partial charge in [-0.1, -0.05) is 0 Å². The van der Waals surface area contributed by atoms with E-state index in [9.17, 15) is 31.1 Å². The third-order valence-corrected chi connectivity index (χ3v) is 6.31. The summed E-state index contributed by atoms with van der Waals surface area (Å²) < 4.78 is 77.6. The van der Waals surface area contributed by atoms with Gasteiger partial charge in [0.2, 0.25) is 0 Å². The number of carboxylic acid groups (broad SMARTS) is 2. The molecule has 1 fully saturated rings. The first kappa shape index (κ1) is 33.6. The van der Waals surface area contributed by atoms with Crippen molar-refractivity contribution in [3.8, 4) is 0 Å². The minimum Gasteiger partial charge on any atom is -0.475 e. The number of ether oxygens (including phenoxy) is 1. The molecule has 0 saturated carbocycles. The number of hydrogen-bond acceptors (Lipinski definition) is 7. The number of imidazole rings is 1. The van der Waals surface area contributed by atoms with Gasteiger partial charge in [-0.2, -0.15) is 26.3 Å². The Morgan fingerprint density at radius 1 is 1.05 bits per heavy atom. The van der Waals surface area contributed by atoms with Gasteiger partial charge in [0, 0.05) is 38.6 Å². The van der Waals surface area contributed by atoms with Crippen molar-refractivity contribution in [2.24, 2.45) is 0 Å². The summed E-state index contributed by atoms with van der Waals surface area (Å²) in [4.78, 5) is 39.5. The van der Waals surface area contributed by atoms with Crippen LogP contribution in [-0.2, 0) is 37.8 Å². The lowest BCUT2D eigenvalue weighted by Crippen LogP contribution is -2.54. The molecule has 230 valence electrons. The average molecular weight is 601 g/mol. The zero-order valence-corrected chi connectivity index (χ0v) is 22.1. The minimum atomic E-state index is -5.08. The maximum absolute atomic E-state index is 12.9. The van der Waals surface area contributed by atoms with Crippen molar-refractivity contribution >= 4 is 17.8 Å². The van der Waals surface area contributed by atoms with Gasteiger partial charge in [0.15, 0.2) is 6.10 Å². The van der Waals surface area contributed by atoms with Crippen LogP contribution in [0.5, 0.6) is 0 Å². The molecule has 41 heavy (non-hydrogen) atoms. The number of rotatable bonds is 5. The number of furan rings is 1. The van der Waals surface area contributed by atoms with Crippen LogP contribution in [0, 0.1) is 0 Å². The molecule has 1 atom stereocenters. The number of nitrogens with zero attached hydrogens (tertiary/aromatic N) is 4. The second-order valence-electron chi connectivity index (χ2n) is 8.98. The molecule has 17 heteroatoms. The molecule has 2 aliphatic heterocycles. The summed E-state index contributed by atoms with van der Waals surface area (Å²) >= 11 is 0. The fourth-order valence-electron chi connectivity index (χ4n) is 4.30. The quantitative estimate of drug-likeness (QED) is 0.494. The fraction of sp³-hybridized carbons (Fsp3) is 0.583. The Hall–Kier alpha value is -3.60. The molecule has 1 unspecified atom stereocenters. The predicted molar refractivity (Wildman–Crippen MR) is 127 cm³/mol. The van der Waals surface area contributed by atoms with E-state index >= 15 is 0 Å². The molecule has 2 aliphatic rings. The smallest absolute Gasteiger partial charge is 0.475 e. The molecule has 2 N–H and O–H groups in total. The third-order valence-electron chi connectivity index (χ3n) is 6.31. The summed E-state index contributed by atoms with van der Waals surface area (Å²) in [6.07, 6.45) is -3.45. The SMILES string of the molecule is CCN(CC)C(=O)C1Cn2ccnc2C2(CCN(Cc3ccco3)CC2)O1.O=C(O)C(F)(F)F.O=C(O)C(F)(F)F. The Bertz CT molecular complexity index is 1110. The number of likely N-dealkylation sites (tertiary alicyclic amines) is 1. The first-order valence-corrected chi connectivity index (χ1v) is 12.4. The monoisotopic (exact) mass is 600 g/mol. The highest BCUT2D eigenvalue weighted by molar-refractivity contribution is 5.81. The molecule has 4 heterocycles. The van der Waals surface area contributed by atoms with Crippen molar-refractivity contribution in [2.75, 3.05) is 26.2 Å². The number of carbonyl (C=O) groups is 3. The molecule has 0 bridgehead atoms. The van der Waals surface area contributed by atoms with Crippen LogP contribution >= 0.6 is 0 Å². The van der Waals surface area contributed by atoms with Crippen molar-refractivity contribution in [1.82, 2.24) is 19.4 Å². The van der Waals surface area contributed by atoms with Crippen LogP contribution in [0.3, 0.4) is 0 Å². The summed E-state index contributed by atoms with van der Waals surface area (Å²) in [5.74, 6) is -3.49. The molecule has 4 rings (SSSR count). The summed E-state index contributed by atoms with van der Waals surface area (Å²) in [5, 5.41) is 14.2. The van der Waals surface area contributed by atoms with Crippen LogP contribution in [0.2, 0.25) is 0 Å². The Morgan fingerprint density at radius 3 is 2.02 bits per heavy atom. The number of aromatic nitrogens is 2. The van der Waals surface area contributed by atoms with Crippen molar-refractivity contribution < 1.29 is 60.1 Å². The maximum atomic E-state index is 12.9. The Labute approximate surface area is 230 Å². The number of fused-ring (bicyclic) bond motifs is 2. The number of halogens is 6. The van der Waals surface area contributed by atoms with Gasteiger partial charge in [-0.05, 0) is 38.8 Å². The van der Waals surface area contributed by atoms with Crippen molar-refractivity contribution in [3.05, 3.63) is 42.4 Å². The van der Waals surface area contributed by atoms with Gasteiger partial charge in [0.1, 0.15) is 17.2 Å². The van der Waals surface area contributed by atoms with Crippen LogP contribution in [0.1, 0.15) is 38.3 Å². The number of carboxylic acids is 2. The molecular formula is C24H30F6N4O7. The van der Waals surface area contributed by atoms with E-state index in [0.717, 1.165) is 44.1 Å². The van der Waals surface area contributed by atoms with Gasteiger partial charge in [-0.3, -0.25) is 9.69 Å². The summed E-state index contributed by atoms with van der Waals surface area (Å²) in [5.41, 5.74) is -0.477. The first-order chi connectivity index (χ1) is 19.0. The molecule has 1 amide bonds. The van der Waals surface area contributed by atoms with Gasteiger partial charge < -0.3 is 28.8 Å². The normalized spacial score (nSPS) is 18.3. The van der Waals surface area contributed by atoms with Crippen molar-refractivity contribution in [2.45, 2.75) is 63.8 Å². The first-order valence-electron chi connectivity index (χ1n) is 12.4. The van der Waals surface area contributed by atoms with E-state index in [-0.39, 0.29) is 5.91 Å². The van der Waals surface area contributed by atoms with E-state index in [1.165, 1.54) is 0 Å². The third kappa shape index (κ3) is 9.21. The van der Waals surface area contributed by atoms with Crippen LogP contribution < -0.4 is 0 Å². The zero-order valence-electron chi connectivity index (χ0n) is 22.1. The lowest BCUT2D eigenvalue weighted by atomic mass is 9.88. The number of amides is 1. The number of alkyl halides is 6. The van der Waals surface area contributed by atoms with Gasteiger partial charge in [0.05, 0.1) is 19.4 Å². The Kier molecular flexibility index (Phi) is 11.3. The number of carbonyl (C=O) groups excluding carboxylic acids is 1. The topological polar surface area (TPSA) is 138 Å². The largest absolute Gasteiger partial charge is 0.490 e. The molecular weight excluding hydrogens is 570 g/mol. The summed E-state index contributed by atoms with van der Waals surface area (Å²) in [6, 6.07) is 3.93. The van der Waals surface area contributed by atoms with Crippen LogP contribution in [0.15, 0.2) is 35.2 Å². The maximum Gasteiger partial charge on any atom is 0.490 e. The summed E-state index contributed by atoms with van der Waals surface area (Å²) in [7, 11) is 0. The Morgan fingerprint density at radius 2 is 1.59 bits per heavy atom. The lowest BCUT2D eigenvalue weighted by molar-refractivity contribution is -0.193.